The van der Waals surface area contributed by atoms with Gasteiger partial charge in [-0.15, -0.1) is 0 Å². The first kappa shape index (κ1) is 10.9. The van der Waals surface area contributed by atoms with Crippen LogP contribution >= 0.6 is 0 Å². The van der Waals surface area contributed by atoms with Crippen LogP contribution in [0.3, 0.4) is 0 Å². The number of rotatable bonds is 2. The number of hydrogen-bond donors (Lipinski definition) is 1. The molecule has 2 aliphatic heterocycles. The maximum atomic E-state index is 12.2. The van der Waals surface area contributed by atoms with Gasteiger partial charge in [-0.3, -0.25) is 4.79 Å². The topological polar surface area (TPSA) is 32.3 Å². The smallest absolute Gasteiger partial charge is 0.227 e. The highest BCUT2D eigenvalue weighted by Crippen LogP contribution is 2.26. The third kappa shape index (κ3) is 2.17. The summed E-state index contributed by atoms with van der Waals surface area (Å²) in [7, 11) is 0. The molecule has 0 bridgehead atoms. The molecule has 15 heavy (non-hydrogen) atoms. The molecule has 2 rings (SSSR count). The molecule has 2 atom stereocenters. The van der Waals surface area contributed by atoms with Gasteiger partial charge in [0.15, 0.2) is 0 Å². The lowest BCUT2D eigenvalue weighted by Crippen LogP contribution is -2.42. The number of carbonyl (C=O) groups excluding carboxylic acids is 1. The first-order chi connectivity index (χ1) is 7.20. The number of nitrogens with zero attached hydrogens (tertiary/aromatic N) is 1. The summed E-state index contributed by atoms with van der Waals surface area (Å²) in [5, 5.41) is 3.27. The van der Waals surface area contributed by atoms with Gasteiger partial charge in [0.05, 0.1) is 5.92 Å². The van der Waals surface area contributed by atoms with Crippen molar-refractivity contribution in [3.8, 4) is 0 Å². The Balaban J connectivity index is 1.99. The van der Waals surface area contributed by atoms with Gasteiger partial charge in [-0.25, -0.2) is 0 Å². The summed E-state index contributed by atoms with van der Waals surface area (Å²) >= 11 is 0. The van der Waals surface area contributed by atoms with Crippen LogP contribution in [0.15, 0.2) is 0 Å². The lowest BCUT2D eigenvalue weighted by atomic mass is 10.00. The van der Waals surface area contributed by atoms with E-state index in [1.54, 1.807) is 0 Å². The van der Waals surface area contributed by atoms with Gasteiger partial charge in [0.2, 0.25) is 5.91 Å². The van der Waals surface area contributed by atoms with Gasteiger partial charge in [0, 0.05) is 19.1 Å². The number of nitrogens with one attached hydrogen (secondary N) is 1. The largest absolute Gasteiger partial charge is 0.339 e. The van der Waals surface area contributed by atoms with E-state index in [1.807, 2.05) is 0 Å². The van der Waals surface area contributed by atoms with E-state index in [0.717, 1.165) is 26.1 Å². The van der Waals surface area contributed by atoms with E-state index in [4.69, 9.17) is 0 Å². The monoisotopic (exact) mass is 210 g/mol. The van der Waals surface area contributed by atoms with E-state index in [0.29, 0.717) is 17.9 Å². The Morgan fingerprint density at radius 1 is 1.40 bits per heavy atom. The standard InChI is InChI=1S/C12H22N2O/c1-9(2)11-4-3-7-14(11)12(15)10-5-6-13-8-10/h9-11,13H,3-8H2,1-2H3/t10-,11?/m1/s1. The fourth-order valence-corrected chi connectivity index (χ4v) is 2.86. The molecule has 0 radical (unpaired) electrons. The van der Waals surface area contributed by atoms with E-state index in [9.17, 15) is 4.79 Å². The van der Waals surface area contributed by atoms with Crippen LogP contribution in [0.1, 0.15) is 33.1 Å². The molecule has 1 amide bonds. The summed E-state index contributed by atoms with van der Waals surface area (Å²) < 4.78 is 0. The summed E-state index contributed by atoms with van der Waals surface area (Å²) in [5.74, 6) is 1.26. The molecule has 2 saturated heterocycles. The third-order valence-electron chi connectivity index (χ3n) is 3.76. The Morgan fingerprint density at radius 3 is 2.80 bits per heavy atom. The van der Waals surface area contributed by atoms with Crippen molar-refractivity contribution >= 4 is 5.91 Å². The molecule has 0 aromatic rings. The Bertz CT molecular complexity index is 234. The molecule has 1 N–H and O–H groups in total. The van der Waals surface area contributed by atoms with Crippen LogP contribution in [-0.2, 0) is 4.79 Å². The van der Waals surface area contributed by atoms with Crippen LogP contribution in [0.25, 0.3) is 0 Å². The van der Waals surface area contributed by atoms with Crippen molar-refractivity contribution in [2.75, 3.05) is 19.6 Å². The third-order valence-corrected chi connectivity index (χ3v) is 3.76. The molecule has 2 fully saturated rings. The summed E-state index contributed by atoms with van der Waals surface area (Å²) in [6.07, 6.45) is 3.42. The first-order valence-electron chi connectivity index (χ1n) is 6.21. The Kier molecular flexibility index (Phi) is 3.29. The van der Waals surface area contributed by atoms with E-state index in [-0.39, 0.29) is 5.92 Å². The summed E-state index contributed by atoms with van der Waals surface area (Å²) in [4.78, 5) is 14.4. The molecule has 2 aliphatic rings. The maximum Gasteiger partial charge on any atom is 0.227 e. The fraction of sp³-hybridized carbons (Fsp3) is 0.917. The van der Waals surface area contributed by atoms with Crippen molar-refractivity contribution in [3.05, 3.63) is 0 Å². The van der Waals surface area contributed by atoms with Crippen LogP contribution in [0, 0.1) is 11.8 Å². The van der Waals surface area contributed by atoms with Gasteiger partial charge in [-0.05, 0) is 31.7 Å². The van der Waals surface area contributed by atoms with Crippen molar-refractivity contribution in [3.63, 3.8) is 0 Å². The molecular weight excluding hydrogens is 188 g/mol. The van der Waals surface area contributed by atoms with Crippen LogP contribution < -0.4 is 5.32 Å². The predicted octanol–water partition coefficient (Wildman–Crippen LogP) is 1.24. The highest BCUT2D eigenvalue weighted by molar-refractivity contribution is 5.80. The zero-order chi connectivity index (χ0) is 10.8. The van der Waals surface area contributed by atoms with Crippen molar-refractivity contribution in [2.45, 2.75) is 39.2 Å². The molecule has 1 unspecified atom stereocenters. The predicted molar refractivity (Wildman–Crippen MR) is 60.5 cm³/mol. The van der Waals surface area contributed by atoms with E-state index < -0.39 is 0 Å². The minimum atomic E-state index is 0.254. The van der Waals surface area contributed by atoms with Crippen LogP contribution in [-0.4, -0.2) is 36.5 Å². The molecule has 0 aromatic carbocycles. The van der Waals surface area contributed by atoms with E-state index in [2.05, 4.69) is 24.1 Å². The molecule has 0 aliphatic carbocycles. The molecule has 3 heteroatoms. The average Bonchev–Trinajstić information content (AvgIpc) is 2.88. The number of amides is 1. The molecule has 3 nitrogen and oxygen atoms in total. The highest BCUT2D eigenvalue weighted by atomic mass is 16.2. The second-order valence-corrected chi connectivity index (χ2v) is 5.17. The SMILES string of the molecule is CC(C)C1CCCN1C(=O)[C@@H]1CCNC1. The van der Waals surface area contributed by atoms with E-state index >= 15 is 0 Å². The lowest BCUT2D eigenvalue weighted by Gasteiger charge is -2.29. The molecule has 0 saturated carbocycles. The summed E-state index contributed by atoms with van der Waals surface area (Å²) in [6, 6.07) is 0.498. The van der Waals surface area contributed by atoms with Gasteiger partial charge >= 0.3 is 0 Å². The number of likely N-dealkylation sites (tertiary alicyclic amines) is 1. The van der Waals surface area contributed by atoms with Crippen molar-refractivity contribution in [1.29, 1.82) is 0 Å². The summed E-state index contributed by atoms with van der Waals surface area (Å²) in [6.45, 7) is 7.33. The number of carbonyl (C=O) groups is 1. The molecule has 0 aromatic heterocycles. The Hall–Kier alpha value is -0.570. The minimum Gasteiger partial charge on any atom is -0.339 e. The summed E-state index contributed by atoms with van der Waals surface area (Å²) in [5.41, 5.74) is 0. The zero-order valence-electron chi connectivity index (χ0n) is 9.83. The average molecular weight is 210 g/mol. The van der Waals surface area contributed by atoms with Gasteiger partial charge in [0.1, 0.15) is 0 Å². The maximum absolute atomic E-state index is 12.2. The molecular formula is C12H22N2O. The molecule has 0 spiro atoms. The number of hydrogen-bond acceptors (Lipinski definition) is 2. The van der Waals surface area contributed by atoms with Crippen molar-refractivity contribution < 1.29 is 4.79 Å². The van der Waals surface area contributed by atoms with Gasteiger partial charge < -0.3 is 10.2 Å². The Labute approximate surface area is 92.2 Å². The van der Waals surface area contributed by atoms with Gasteiger partial charge in [-0.2, -0.15) is 0 Å². The first-order valence-corrected chi connectivity index (χ1v) is 6.21. The zero-order valence-corrected chi connectivity index (χ0v) is 9.83. The van der Waals surface area contributed by atoms with Crippen LogP contribution in [0.4, 0.5) is 0 Å². The second kappa shape index (κ2) is 4.52. The highest BCUT2D eigenvalue weighted by Gasteiger charge is 2.35. The minimum absolute atomic E-state index is 0.254. The van der Waals surface area contributed by atoms with Gasteiger partial charge in [0.25, 0.3) is 0 Å². The van der Waals surface area contributed by atoms with Crippen LogP contribution in [0.5, 0.6) is 0 Å². The van der Waals surface area contributed by atoms with Crippen molar-refractivity contribution in [1.82, 2.24) is 10.2 Å². The lowest BCUT2D eigenvalue weighted by molar-refractivity contribution is -0.136. The molecule has 86 valence electrons. The van der Waals surface area contributed by atoms with Gasteiger partial charge in [-0.1, -0.05) is 13.8 Å². The Morgan fingerprint density at radius 2 is 2.20 bits per heavy atom. The van der Waals surface area contributed by atoms with Crippen LogP contribution in [0.2, 0.25) is 0 Å². The van der Waals surface area contributed by atoms with Crippen molar-refractivity contribution in [2.24, 2.45) is 11.8 Å². The van der Waals surface area contributed by atoms with E-state index in [1.165, 1.54) is 12.8 Å². The fourth-order valence-electron chi connectivity index (χ4n) is 2.86. The quantitative estimate of drug-likeness (QED) is 0.744. The normalized spacial score (nSPS) is 31.5. The second-order valence-electron chi connectivity index (χ2n) is 5.17. The molecule has 2 heterocycles.